The Hall–Kier alpha value is -1.32. The van der Waals surface area contributed by atoms with E-state index in [0.29, 0.717) is 12.4 Å². The maximum Gasteiger partial charge on any atom is 0.323 e. The van der Waals surface area contributed by atoms with Crippen molar-refractivity contribution < 1.29 is 18.6 Å². The standard InChI is InChI=1S/C12H18NO4P/c1-3-9-16-12(14)10(2)13-18(15)17-11-7-5-4-6-8-11/h4-8,10,18H,3,9H2,1-2H3,(H,13,15)/t10-/m0/s1. The van der Waals surface area contributed by atoms with E-state index in [2.05, 4.69) is 5.09 Å². The molecule has 0 aromatic heterocycles. The van der Waals surface area contributed by atoms with Gasteiger partial charge in [0.25, 0.3) is 0 Å². The lowest BCUT2D eigenvalue weighted by molar-refractivity contribution is -0.145. The van der Waals surface area contributed by atoms with E-state index in [1.165, 1.54) is 0 Å². The summed E-state index contributed by atoms with van der Waals surface area (Å²) in [6, 6.07) is 8.15. The van der Waals surface area contributed by atoms with Gasteiger partial charge in [0, 0.05) is 0 Å². The maximum absolute atomic E-state index is 11.6. The van der Waals surface area contributed by atoms with Gasteiger partial charge in [0.1, 0.15) is 11.8 Å². The molecule has 1 aromatic rings. The molecule has 0 aliphatic rings. The van der Waals surface area contributed by atoms with Crippen LogP contribution in [0.2, 0.25) is 0 Å². The highest BCUT2D eigenvalue weighted by Crippen LogP contribution is 2.23. The quantitative estimate of drug-likeness (QED) is 0.609. The first kappa shape index (κ1) is 14.7. The van der Waals surface area contributed by atoms with E-state index in [9.17, 15) is 9.36 Å². The molecule has 0 heterocycles. The average molecular weight is 271 g/mol. The van der Waals surface area contributed by atoms with Crippen LogP contribution in [0.25, 0.3) is 0 Å². The van der Waals surface area contributed by atoms with E-state index in [-0.39, 0.29) is 0 Å². The van der Waals surface area contributed by atoms with Crippen molar-refractivity contribution in [3.05, 3.63) is 30.3 Å². The lowest BCUT2D eigenvalue weighted by Gasteiger charge is -2.13. The molecule has 0 amide bonds. The summed E-state index contributed by atoms with van der Waals surface area (Å²) in [6.45, 7) is 3.87. The lowest BCUT2D eigenvalue weighted by atomic mass is 10.3. The molecule has 18 heavy (non-hydrogen) atoms. The zero-order chi connectivity index (χ0) is 13.4. The van der Waals surface area contributed by atoms with Crippen molar-refractivity contribution in [2.75, 3.05) is 6.61 Å². The highest BCUT2D eigenvalue weighted by Gasteiger charge is 2.16. The normalized spacial score (nSPS) is 13.7. The minimum atomic E-state index is -2.51. The van der Waals surface area contributed by atoms with E-state index < -0.39 is 20.2 Å². The summed E-state index contributed by atoms with van der Waals surface area (Å²) in [4.78, 5) is 11.4. The van der Waals surface area contributed by atoms with Crippen molar-refractivity contribution in [3.63, 3.8) is 0 Å². The summed E-state index contributed by atoms with van der Waals surface area (Å²) in [5.41, 5.74) is 0. The van der Waals surface area contributed by atoms with Crippen LogP contribution < -0.4 is 9.61 Å². The molecule has 2 atom stereocenters. The Bertz CT molecular complexity index is 396. The number of carbonyl (C=O) groups excluding carboxylic acids is 1. The molecule has 1 rings (SSSR count). The predicted molar refractivity (Wildman–Crippen MR) is 69.9 cm³/mol. The zero-order valence-corrected chi connectivity index (χ0v) is 11.5. The first-order valence-corrected chi connectivity index (χ1v) is 7.15. The summed E-state index contributed by atoms with van der Waals surface area (Å²) in [6.07, 6.45) is 0.758. The molecule has 0 saturated carbocycles. The number of hydrogen-bond donors (Lipinski definition) is 1. The van der Waals surface area contributed by atoms with Crippen LogP contribution in [0.1, 0.15) is 20.3 Å². The number of ether oxygens (including phenoxy) is 1. The molecule has 0 radical (unpaired) electrons. The van der Waals surface area contributed by atoms with Crippen LogP contribution in [0, 0.1) is 0 Å². The molecule has 0 bridgehead atoms. The largest absolute Gasteiger partial charge is 0.465 e. The maximum atomic E-state index is 11.6. The van der Waals surface area contributed by atoms with Crippen molar-refractivity contribution in [3.8, 4) is 5.75 Å². The number of nitrogens with one attached hydrogen (secondary N) is 1. The number of esters is 1. The van der Waals surface area contributed by atoms with Gasteiger partial charge in [0.2, 0.25) is 0 Å². The van der Waals surface area contributed by atoms with Gasteiger partial charge in [0.15, 0.2) is 0 Å². The fourth-order valence-corrected chi connectivity index (χ4v) is 2.07. The number of carbonyl (C=O) groups is 1. The van der Waals surface area contributed by atoms with Crippen LogP contribution in [0.5, 0.6) is 5.75 Å². The van der Waals surface area contributed by atoms with Gasteiger partial charge in [-0.1, -0.05) is 25.1 Å². The third-order valence-corrected chi connectivity index (χ3v) is 3.18. The average Bonchev–Trinajstić information content (AvgIpc) is 2.36. The number of rotatable bonds is 7. The summed E-state index contributed by atoms with van der Waals surface area (Å²) in [7, 11) is -2.51. The number of para-hydroxylation sites is 1. The molecular formula is C12H18NO4P. The van der Waals surface area contributed by atoms with E-state index in [4.69, 9.17) is 9.26 Å². The first-order chi connectivity index (χ1) is 8.63. The Balaban J connectivity index is 2.38. The SMILES string of the molecule is CCCOC(=O)[C@H](C)N[PH](=O)Oc1ccccc1. The van der Waals surface area contributed by atoms with E-state index >= 15 is 0 Å². The first-order valence-electron chi connectivity index (χ1n) is 5.83. The van der Waals surface area contributed by atoms with Crippen LogP contribution in [0.3, 0.4) is 0 Å². The van der Waals surface area contributed by atoms with E-state index in [1.54, 1.807) is 31.2 Å². The molecule has 1 N–H and O–H groups in total. The molecule has 0 aliphatic carbocycles. The minimum absolute atomic E-state index is 0.366. The van der Waals surface area contributed by atoms with Crippen molar-refractivity contribution in [2.24, 2.45) is 0 Å². The topological polar surface area (TPSA) is 64.6 Å². The molecule has 1 unspecified atom stereocenters. The van der Waals surface area contributed by atoms with Crippen LogP contribution in [-0.4, -0.2) is 18.6 Å². The van der Waals surface area contributed by atoms with Gasteiger partial charge in [-0.15, -0.1) is 0 Å². The summed E-state index contributed by atoms with van der Waals surface area (Å²) >= 11 is 0. The highest BCUT2D eigenvalue weighted by molar-refractivity contribution is 7.37. The van der Waals surface area contributed by atoms with Gasteiger partial charge in [-0.3, -0.25) is 9.36 Å². The smallest absolute Gasteiger partial charge is 0.323 e. The van der Waals surface area contributed by atoms with Gasteiger partial charge >= 0.3 is 14.1 Å². The Morgan fingerprint density at radius 2 is 2.06 bits per heavy atom. The molecule has 0 aliphatic heterocycles. The monoisotopic (exact) mass is 271 g/mol. The van der Waals surface area contributed by atoms with Crippen LogP contribution in [-0.2, 0) is 14.1 Å². The Kier molecular flexibility index (Phi) is 6.47. The molecular weight excluding hydrogens is 253 g/mol. The summed E-state index contributed by atoms with van der Waals surface area (Å²) in [5.74, 6) is 0.0786. The highest BCUT2D eigenvalue weighted by atomic mass is 31.1. The van der Waals surface area contributed by atoms with Crippen molar-refractivity contribution in [1.82, 2.24) is 5.09 Å². The fraction of sp³-hybridized carbons (Fsp3) is 0.417. The second-order valence-corrected chi connectivity index (χ2v) is 4.80. The van der Waals surface area contributed by atoms with Crippen molar-refractivity contribution >= 4 is 14.1 Å². The van der Waals surface area contributed by atoms with Crippen molar-refractivity contribution in [2.45, 2.75) is 26.3 Å². The Morgan fingerprint density at radius 1 is 1.39 bits per heavy atom. The van der Waals surface area contributed by atoms with Crippen molar-refractivity contribution in [1.29, 1.82) is 0 Å². The second-order valence-electron chi connectivity index (χ2n) is 3.74. The van der Waals surface area contributed by atoms with Crippen LogP contribution >= 0.6 is 8.18 Å². The molecule has 0 spiro atoms. The lowest BCUT2D eigenvalue weighted by Crippen LogP contribution is -2.31. The van der Waals surface area contributed by atoms with Crippen LogP contribution in [0.4, 0.5) is 0 Å². The van der Waals surface area contributed by atoms with Gasteiger partial charge < -0.3 is 9.26 Å². The molecule has 0 saturated heterocycles. The molecule has 1 aromatic carbocycles. The minimum Gasteiger partial charge on any atom is -0.465 e. The predicted octanol–water partition coefficient (Wildman–Crippen LogP) is 2.39. The Labute approximate surface area is 107 Å². The van der Waals surface area contributed by atoms with Crippen LogP contribution in [0.15, 0.2) is 30.3 Å². The molecule has 5 nitrogen and oxygen atoms in total. The van der Waals surface area contributed by atoms with Gasteiger partial charge in [-0.2, -0.15) is 0 Å². The molecule has 100 valence electrons. The summed E-state index contributed by atoms with van der Waals surface area (Å²) in [5, 5.41) is 2.59. The van der Waals surface area contributed by atoms with Gasteiger partial charge in [-0.25, -0.2) is 5.09 Å². The number of hydrogen-bond acceptors (Lipinski definition) is 4. The van der Waals surface area contributed by atoms with E-state index in [0.717, 1.165) is 6.42 Å². The fourth-order valence-electron chi connectivity index (χ4n) is 1.19. The van der Waals surface area contributed by atoms with E-state index in [1.807, 2.05) is 13.0 Å². The molecule has 6 heteroatoms. The third kappa shape index (κ3) is 5.34. The number of benzene rings is 1. The third-order valence-electron chi connectivity index (χ3n) is 2.09. The van der Waals surface area contributed by atoms with Gasteiger partial charge in [0.05, 0.1) is 6.61 Å². The Morgan fingerprint density at radius 3 is 2.67 bits per heavy atom. The summed E-state index contributed by atoms with van der Waals surface area (Å²) < 4.78 is 21.7. The molecule has 0 fully saturated rings. The van der Waals surface area contributed by atoms with Gasteiger partial charge in [-0.05, 0) is 25.5 Å². The zero-order valence-electron chi connectivity index (χ0n) is 10.5. The second kappa shape index (κ2) is 7.90.